The lowest BCUT2D eigenvalue weighted by molar-refractivity contribution is -0.118. The van der Waals surface area contributed by atoms with Crippen molar-refractivity contribution in [2.75, 3.05) is 49.1 Å². The van der Waals surface area contributed by atoms with Gasteiger partial charge in [0.25, 0.3) is 5.91 Å². The van der Waals surface area contributed by atoms with E-state index in [1.165, 1.54) is 0 Å². The van der Waals surface area contributed by atoms with Gasteiger partial charge >= 0.3 is 0 Å². The molecule has 0 saturated carbocycles. The summed E-state index contributed by atoms with van der Waals surface area (Å²) in [5.41, 5.74) is 1.22. The Morgan fingerprint density at radius 1 is 1.35 bits per heavy atom. The van der Waals surface area contributed by atoms with E-state index in [1.54, 1.807) is 22.1 Å². The summed E-state index contributed by atoms with van der Waals surface area (Å²) in [6.45, 7) is 5.00. The fourth-order valence-electron chi connectivity index (χ4n) is 3.55. The molecule has 2 saturated heterocycles. The normalized spacial score (nSPS) is 22.3. The first kappa shape index (κ1) is 18.6. The predicted octanol–water partition coefficient (Wildman–Crippen LogP) is 0.00920. The molecule has 2 fully saturated rings. The van der Waals surface area contributed by atoms with Crippen molar-refractivity contribution >= 4 is 27.8 Å². The summed E-state index contributed by atoms with van der Waals surface area (Å²) in [6.07, 6.45) is 2.94. The van der Waals surface area contributed by atoms with Crippen LogP contribution in [0.4, 0.5) is 5.69 Å². The highest BCUT2D eigenvalue weighted by Crippen LogP contribution is 2.21. The number of anilines is 1. The molecular weight excluding hydrogens is 356 g/mol. The monoisotopic (exact) mass is 380 g/mol. The smallest absolute Gasteiger partial charge is 0.272 e. The highest BCUT2D eigenvalue weighted by atomic mass is 32.2. The maximum atomic E-state index is 12.9. The van der Waals surface area contributed by atoms with E-state index in [1.807, 2.05) is 13.0 Å². The van der Waals surface area contributed by atoms with Gasteiger partial charge in [-0.05, 0) is 25.5 Å². The lowest BCUT2D eigenvalue weighted by Gasteiger charge is -2.34. The van der Waals surface area contributed by atoms with E-state index in [4.69, 9.17) is 0 Å². The molecule has 1 aromatic rings. The summed E-state index contributed by atoms with van der Waals surface area (Å²) < 4.78 is 23.5. The largest absolute Gasteiger partial charge is 0.368 e. The minimum Gasteiger partial charge on any atom is -0.368 e. The zero-order chi connectivity index (χ0) is 18.7. The molecule has 9 heteroatoms. The van der Waals surface area contributed by atoms with Crippen molar-refractivity contribution in [2.24, 2.45) is 0 Å². The summed E-state index contributed by atoms with van der Waals surface area (Å²) in [6, 6.07) is 3.33. The van der Waals surface area contributed by atoms with Gasteiger partial charge in [-0.25, -0.2) is 8.42 Å². The summed E-state index contributed by atoms with van der Waals surface area (Å²) in [5.74, 6) is -0.0708. The number of aromatic nitrogens is 1. The van der Waals surface area contributed by atoms with Gasteiger partial charge in [0.15, 0.2) is 9.84 Å². The van der Waals surface area contributed by atoms with Crippen molar-refractivity contribution in [2.45, 2.75) is 19.4 Å². The van der Waals surface area contributed by atoms with Gasteiger partial charge in [0.05, 0.1) is 11.5 Å². The number of hydrogen-bond acceptors (Lipinski definition) is 6. The molecule has 0 bridgehead atoms. The number of carbonyl (C=O) groups is 2. The number of piperazine rings is 1. The van der Waals surface area contributed by atoms with Gasteiger partial charge < -0.3 is 14.7 Å². The zero-order valence-corrected chi connectivity index (χ0v) is 15.7. The van der Waals surface area contributed by atoms with Crippen LogP contribution in [0.1, 0.15) is 23.8 Å². The molecular formula is C17H24N4O4S. The van der Waals surface area contributed by atoms with E-state index in [-0.39, 0.29) is 23.5 Å². The highest BCUT2D eigenvalue weighted by Gasteiger charge is 2.34. The second-order valence-corrected chi connectivity index (χ2v) is 8.90. The molecule has 1 unspecified atom stereocenters. The van der Waals surface area contributed by atoms with Crippen LogP contribution in [-0.4, -0.2) is 85.8 Å². The second kappa shape index (κ2) is 7.61. The van der Waals surface area contributed by atoms with E-state index >= 15 is 0 Å². The summed E-state index contributed by atoms with van der Waals surface area (Å²) in [4.78, 5) is 33.4. The van der Waals surface area contributed by atoms with Crippen molar-refractivity contribution in [3.63, 3.8) is 0 Å². The van der Waals surface area contributed by atoms with Crippen LogP contribution in [0.25, 0.3) is 0 Å². The van der Waals surface area contributed by atoms with Gasteiger partial charge in [-0.1, -0.05) is 0 Å². The molecule has 142 valence electrons. The molecule has 2 amide bonds. The van der Waals surface area contributed by atoms with Crippen LogP contribution in [-0.2, 0) is 14.6 Å². The Labute approximate surface area is 153 Å². The number of pyridine rings is 1. The van der Waals surface area contributed by atoms with Gasteiger partial charge in [0.2, 0.25) is 6.41 Å². The highest BCUT2D eigenvalue weighted by molar-refractivity contribution is 7.91. The molecule has 2 aliphatic heterocycles. The fraction of sp³-hybridized carbons (Fsp3) is 0.588. The quantitative estimate of drug-likeness (QED) is 0.669. The first-order valence-corrected chi connectivity index (χ1v) is 10.7. The van der Waals surface area contributed by atoms with E-state index in [0.717, 1.165) is 12.1 Å². The lowest BCUT2D eigenvalue weighted by Crippen LogP contribution is -2.46. The Bertz CT molecular complexity index is 775. The van der Waals surface area contributed by atoms with Crippen molar-refractivity contribution in [1.29, 1.82) is 0 Å². The molecule has 0 spiro atoms. The fourth-order valence-corrected chi connectivity index (χ4v) is 5.29. The molecule has 26 heavy (non-hydrogen) atoms. The number of sulfone groups is 1. The Morgan fingerprint density at radius 3 is 2.65 bits per heavy atom. The predicted molar refractivity (Wildman–Crippen MR) is 97.9 cm³/mol. The Hall–Kier alpha value is -2.16. The molecule has 1 atom stereocenters. The minimum atomic E-state index is -3.06. The van der Waals surface area contributed by atoms with Crippen LogP contribution >= 0.6 is 0 Å². The number of hydrogen-bond donors (Lipinski definition) is 0. The van der Waals surface area contributed by atoms with Crippen LogP contribution in [0.3, 0.4) is 0 Å². The van der Waals surface area contributed by atoms with E-state index in [0.29, 0.717) is 44.8 Å². The first-order valence-electron chi connectivity index (χ1n) is 8.85. The van der Waals surface area contributed by atoms with E-state index in [2.05, 4.69) is 9.88 Å². The van der Waals surface area contributed by atoms with Gasteiger partial charge in [-0.3, -0.25) is 14.6 Å². The molecule has 0 N–H and O–H groups in total. The van der Waals surface area contributed by atoms with Crippen LogP contribution in [0, 0.1) is 0 Å². The van der Waals surface area contributed by atoms with Crippen molar-refractivity contribution in [1.82, 2.24) is 14.8 Å². The number of amides is 2. The molecule has 3 rings (SSSR count). The van der Waals surface area contributed by atoms with Gasteiger partial charge in [-0.15, -0.1) is 0 Å². The Kier molecular flexibility index (Phi) is 5.45. The maximum absolute atomic E-state index is 12.9. The van der Waals surface area contributed by atoms with Crippen LogP contribution in [0.5, 0.6) is 0 Å². The SMILES string of the molecule is CCN(C(=O)c1cc(N2CCN(C=O)CC2)ccn1)C1CCS(=O)(=O)C1. The van der Waals surface area contributed by atoms with E-state index in [9.17, 15) is 18.0 Å². The summed E-state index contributed by atoms with van der Waals surface area (Å²) in [7, 11) is -3.06. The van der Waals surface area contributed by atoms with Crippen LogP contribution in [0.2, 0.25) is 0 Å². The van der Waals surface area contributed by atoms with Gasteiger partial charge in [0.1, 0.15) is 5.69 Å². The maximum Gasteiger partial charge on any atom is 0.272 e. The summed E-state index contributed by atoms with van der Waals surface area (Å²) in [5, 5.41) is 0. The molecule has 0 radical (unpaired) electrons. The van der Waals surface area contributed by atoms with Crippen LogP contribution < -0.4 is 4.90 Å². The average Bonchev–Trinajstić information content (AvgIpc) is 3.02. The third-order valence-electron chi connectivity index (χ3n) is 5.04. The van der Waals surface area contributed by atoms with Crippen molar-refractivity contribution in [3.8, 4) is 0 Å². The zero-order valence-electron chi connectivity index (χ0n) is 14.9. The first-order chi connectivity index (χ1) is 12.4. The molecule has 2 aliphatic rings. The standard InChI is InChI=1S/C17H24N4O4S/c1-2-21(15-4-10-26(24,25)12-15)17(23)16-11-14(3-5-18-16)20-8-6-19(13-22)7-9-20/h3,5,11,13,15H,2,4,6-10,12H2,1H3. The third kappa shape index (κ3) is 3.98. The molecule has 8 nitrogen and oxygen atoms in total. The van der Waals surface area contributed by atoms with Gasteiger partial charge in [0, 0.05) is 50.6 Å². The minimum absolute atomic E-state index is 0.0277. The van der Waals surface area contributed by atoms with E-state index < -0.39 is 9.84 Å². The average molecular weight is 380 g/mol. The van der Waals surface area contributed by atoms with Gasteiger partial charge in [-0.2, -0.15) is 0 Å². The number of carbonyl (C=O) groups excluding carboxylic acids is 2. The number of rotatable bonds is 5. The molecule has 3 heterocycles. The second-order valence-electron chi connectivity index (χ2n) is 6.68. The van der Waals surface area contributed by atoms with Crippen molar-refractivity contribution in [3.05, 3.63) is 24.0 Å². The number of nitrogens with zero attached hydrogens (tertiary/aromatic N) is 4. The topological polar surface area (TPSA) is 90.9 Å². The van der Waals surface area contributed by atoms with Crippen molar-refractivity contribution < 1.29 is 18.0 Å². The Balaban J connectivity index is 1.74. The molecule has 0 aromatic carbocycles. The summed E-state index contributed by atoms with van der Waals surface area (Å²) >= 11 is 0. The molecule has 1 aromatic heterocycles. The molecule has 0 aliphatic carbocycles. The lowest BCUT2D eigenvalue weighted by atomic mass is 10.2. The third-order valence-corrected chi connectivity index (χ3v) is 6.79. The Morgan fingerprint density at radius 2 is 2.08 bits per heavy atom. The van der Waals surface area contributed by atoms with Crippen LogP contribution in [0.15, 0.2) is 18.3 Å².